The monoisotopic (exact) mass is 239 g/mol. The molecule has 1 atom stereocenters. The van der Waals surface area contributed by atoms with Crippen molar-refractivity contribution in [2.45, 2.75) is 18.6 Å². The van der Waals surface area contributed by atoms with Crippen LogP contribution in [0.15, 0.2) is 24.3 Å². The smallest absolute Gasteiger partial charge is 0.249 e. The molecule has 6 heteroatoms. The van der Waals surface area contributed by atoms with Crippen LogP contribution in [0.3, 0.4) is 0 Å². The van der Waals surface area contributed by atoms with Crippen molar-refractivity contribution >= 4 is 21.4 Å². The Hall–Kier alpha value is -1.74. The van der Waals surface area contributed by atoms with Gasteiger partial charge in [0.1, 0.15) is 0 Å². The second kappa shape index (κ2) is 4.86. The summed E-state index contributed by atoms with van der Waals surface area (Å²) in [7, 11) is -3.69. The average molecular weight is 239 g/mol. The minimum atomic E-state index is -3.69. The first-order valence-corrected chi connectivity index (χ1v) is 6.31. The maximum absolute atomic E-state index is 11.7. The zero-order chi connectivity index (χ0) is 12.2. The standard InChI is InChI=1S/C10H13N3O2S/c1-2-8(7-11)16(14,15)13-10-6-4-3-5-9(10)12/h3-6,8,13H,2,12H2,1H3. The van der Waals surface area contributed by atoms with Gasteiger partial charge in [-0.25, -0.2) is 8.42 Å². The molecule has 16 heavy (non-hydrogen) atoms. The Bertz CT molecular complexity index is 505. The Morgan fingerprint density at radius 3 is 2.62 bits per heavy atom. The van der Waals surface area contributed by atoms with Crippen LogP contribution >= 0.6 is 0 Å². The van der Waals surface area contributed by atoms with Gasteiger partial charge in [-0.05, 0) is 18.6 Å². The van der Waals surface area contributed by atoms with Crippen molar-refractivity contribution in [2.24, 2.45) is 0 Å². The molecular weight excluding hydrogens is 226 g/mol. The maximum Gasteiger partial charge on any atom is 0.249 e. The fourth-order valence-electron chi connectivity index (χ4n) is 1.19. The minimum absolute atomic E-state index is 0.235. The first-order chi connectivity index (χ1) is 7.51. The molecule has 86 valence electrons. The zero-order valence-electron chi connectivity index (χ0n) is 8.84. The van der Waals surface area contributed by atoms with E-state index in [9.17, 15) is 8.42 Å². The minimum Gasteiger partial charge on any atom is -0.397 e. The van der Waals surface area contributed by atoms with Crippen LogP contribution in [-0.4, -0.2) is 13.7 Å². The van der Waals surface area contributed by atoms with E-state index in [0.717, 1.165) is 0 Å². The summed E-state index contributed by atoms with van der Waals surface area (Å²) in [6.45, 7) is 1.64. The molecule has 5 nitrogen and oxygen atoms in total. The van der Waals surface area contributed by atoms with Crippen molar-refractivity contribution in [3.05, 3.63) is 24.3 Å². The summed E-state index contributed by atoms with van der Waals surface area (Å²) in [5, 5.41) is 7.65. The Morgan fingerprint density at radius 2 is 2.12 bits per heavy atom. The van der Waals surface area contributed by atoms with Gasteiger partial charge in [0.05, 0.1) is 17.4 Å². The molecular formula is C10H13N3O2S. The number of para-hydroxylation sites is 2. The molecule has 0 fully saturated rings. The maximum atomic E-state index is 11.7. The molecule has 0 amide bonds. The Labute approximate surface area is 94.9 Å². The lowest BCUT2D eigenvalue weighted by Gasteiger charge is -2.12. The van der Waals surface area contributed by atoms with Gasteiger partial charge in [-0.1, -0.05) is 19.1 Å². The second-order valence-corrected chi connectivity index (χ2v) is 5.12. The summed E-state index contributed by atoms with van der Waals surface area (Å²) in [4.78, 5) is 0. The lowest BCUT2D eigenvalue weighted by atomic mass is 10.3. The number of sulfonamides is 1. The van der Waals surface area contributed by atoms with E-state index in [1.165, 1.54) is 0 Å². The number of rotatable bonds is 4. The van der Waals surface area contributed by atoms with E-state index in [1.54, 1.807) is 37.3 Å². The number of hydrogen-bond donors (Lipinski definition) is 2. The number of benzene rings is 1. The summed E-state index contributed by atoms with van der Waals surface area (Å²) in [6, 6.07) is 8.25. The highest BCUT2D eigenvalue weighted by atomic mass is 32.2. The highest BCUT2D eigenvalue weighted by Gasteiger charge is 2.23. The normalized spacial score (nSPS) is 12.8. The van der Waals surface area contributed by atoms with Gasteiger partial charge in [-0.2, -0.15) is 5.26 Å². The van der Waals surface area contributed by atoms with Gasteiger partial charge in [0.25, 0.3) is 0 Å². The molecule has 0 saturated carbocycles. The van der Waals surface area contributed by atoms with Gasteiger partial charge in [-0.3, -0.25) is 4.72 Å². The predicted octanol–water partition coefficient (Wildman–Crippen LogP) is 1.31. The van der Waals surface area contributed by atoms with E-state index in [4.69, 9.17) is 11.0 Å². The lowest BCUT2D eigenvalue weighted by Crippen LogP contribution is -2.26. The number of nitrogens with two attached hydrogens (primary N) is 1. The molecule has 0 aliphatic heterocycles. The Balaban J connectivity index is 2.99. The summed E-state index contributed by atoms with van der Waals surface area (Å²) in [5.41, 5.74) is 6.24. The van der Waals surface area contributed by atoms with Crippen LogP contribution in [0, 0.1) is 11.3 Å². The van der Waals surface area contributed by atoms with Crippen LogP contribution in [0.5, 0.6) is 0 Å². The number of hydrogen-bond acceptors (Lipinski definition) is 4. The van der Waals surface area contributed by atoms with Crippen molar-refractivity contribution < 1.29 is 8.42 Å². The predicted molar refractivity (Wildman–Crippen MR) is 63.1 cm³/mol. The molecule has 0 saturated heterocycles. The molecule has 0 radical (unpaired) electrons. The lowest BCUT2D eigenvalue weighted by molar-refractivity contribution is 0.593. The van der Waals surface area contributed by atoms with Crippen LogP contribution in [-0.2, 0) is 10.0 Å². The first-order valence-electron chi connectivity index (χ1n) is 4.77. The number of anilines is 2. The largest absolute Gasteiger partial charge is 0.397 e. The SMILES string of the molecule is CCC(C#N)S(=O)(=O)Nc1ccccc1N. The van der Waals surface area contributed by atoms with Crippen LogP contribution in [0.25, 0.3) is 0 Å². The number of nitriles is 1. The molecule has 3 N–H and O–H groups in total. The Morgan fingerprint density at radius 1 is 1.50 bits per heavy atom. The van der Waals surface area contributed by atoms with Gasteiger partial charge in [-0.15, -0.1) is 0 Å². The van der Waals surface area contributed by atoms with Gasteiger partial charge in [0, 0.05) is 0 Å². The van der Waals surface area contributed by atoms with E-state index >= 15 is 0 Å². The molecule has 0 aliphatic carbocycles. The molecule has 0 aliphatic rings. The Kier molecular flexibility index (Phi) is 3.74. The molecule has 1 aromatic rings. The molecule has 0 heterocycles. The van der Waals surface area contributed by atoms with Crippen LogP contribution in [0.2, 0.25) is 0 Å². The first kappa shape index (κ1) is 12.3. The summed E-state index contributed by atoms with van der Waals surface area (Å²) >= 11 is 0. The highest BCUT2D eigenvalue weighted by molar-refractivity contribution is 7.93. The van der Waals surface area contributed by atoms with Crippen LogP contribution in [0.1, 0.15) is 13.3 Å². The quantitative estimate of drug-likeness (QED) is 0.774. The van der Waals surface area contributed by atoms with Crippen LogP contribution < -0.4 is 10.5 Å². The van der Waals surface area contributed by atoms with Crippen molar-refractivity contribution in [2.75, 3.05) is 10.5 Å². The van der Waals surface area contributed by atoms with Gasteiger partial charge in [0.15, 0.2) is 5.25 Å². The van der Waals surface area contributed by atoms with Gasteiger partial charge < -0.3 is 5.73 Å². The summed E-state index contributed by atoms with van der Waals surface area (Å²) in [5.74, 6) is 0. The number of nitrogen functional groups attached to an aromatic ring is 1. The fraction of sp³-hybridized carbons (Fsp3) is 0.300. The molecule has 1 aromatic carbocycles. The van der Waals surface area contributed by atoms with Gasteiger partial charge in [0.2, 0.25) is 10.0 Å². The average Bonchev–Trinajstić information content (AvgIpc) is 2.22. The van der Waals surface area contributed by atoms with E-state index < -0.39 is 15.3 Å². The van der Waals surface area contributed by atoms with Crippen molar-refractivity contribution in [3.63, 3.8) is 0 Å². The second-order valence-electron chi connectivity index (χ2n) is 3.26. The highest BCUT2D eigenvalue weighted by Crippen LogP contribution is 2.20. The molecule has 1 unspecified atom stereocenters. The van der Waals surface area contributed by atoms with E-state index in [-0.39, 0.29) is 6.42 Å². The van der Waals surface area contributed by atoms with Crippen molar-refractivity contribution in [3.8, 4) is 6.07 Å². The zero-order valence-corrected chi connectivity index (χ0v) is 9.66. The topological polar surface area (TPSA) is 96.0 Å². The van der Waals surface area contributed by atoms with E-state index in [2.05, 4.69) is 4.72 Å². The number of nitrogens with zero attached hydrogens (tertiary/aromatic N) is 1. The van der Waals surface area contributed by atoms with E-state index in [1.807, 2.05) is 0 Å². The summed E-state index contributed by atoms with van der Waals surface area (Å²) in [6.07, 6.45) is 0.235. The molecule has 0 spiro atoms. The van der Waals surface area contributed by atoms with Crippen LogP contribution in [0.4, 0.5) is 11.4 Å². The fourth-order valence-corrected chi connectivity index (χ4v) is 2.41. The molecule has 1 rings (SSSR count). The van der Waals surface area contributed by atoms with E-state index in [0.29, 0.717) is 11.4 Å². The third kappa shape index (κ3) is 2.64. The van der Waals surface area contributed by atoms with Gasteiger partial charge >= 0.3 is 0 Å². The summed E-state index contributed by atoms with van der Waals surface area (Å²) < 4.78 is 25.8. The van der Waals surface area contributed by atoms with Crippen molar-refractivity contribution in [1.82, 2.24) is 0 Å². The van der Waals surface area contributed by atoms with Crippen molar-refractivity contribution in [1.29, 1.82) is 5.26 Å². The molecule has 0 bridgehead atoms. The third-order valence-corrected chi connectivity index (χ3v) is 3.79. The third-order valence-electron chi connectivity index (χ3n) is 2.10. The number of nitrogens with one attached hydrogen (secondary N) is 1. The molecule has 0 aromatic heterocycles.